The van der Waals surface area contributed by atoms with Crippen LogP contribution in [0.1, 0.15) is 33.3 Å². The number of aromatic nitrogens is 2. The maximum atomic E-state index is 9.55. The van der Waals surface area contributed by atoms with Gasteiger partial charge in [0, 0.05) is 19.0 Å². The van der Waals surface area contributed by atoms with Gasteiger partial charge in [0.1, 0.15) is 17.2 Å². The predicted octanol–water partition coefficient (Wildman–Crippen LogP) is 6.95. The average molecular weight is 493 g/mol. The molecule has 0 radical (unpaired) electrons. The number of thioether (sulfide) groups is 1. The standard InChI is InChI=1S/C23H29Cl2N3OS.C2H2/c1-8-18(11-10-16(4)29)15(3)12-19-22(28(6)7)26-14-27-23(19)30-17(5)13-21(25)20(24)9-2;1-2/h8-14,16,29H,5H2,1-4,6-7H3;1-2H/b11-10-,15-12+,18-8+,20-9+,21-13+;. The highest BCUT2D eigenvalue weighted by atomic mass is 35.5. The first kappa shape index (κ1) is 29.8. The Kier molecular flexibility index (Phi) is 14.5. The number of terminal acetylenes is 1. The lowest BCUT2D eigenvalue weighted by Gasteiger charge is -2.17. The summed E-state index contributed by atoms with van der Waals surface area (Å²) < 4.78 is 0. The molecular weight excluding hydrogens is 461 g/mol. The van der Waals surface area contributed by atoms with Crippen molar-refractivity contribution in [1.82, 2.24) is 9.97 Å². The Bertz CT molecular complexity index is 955. The van der Waals surface area contributed by atoms with Gasteiger partial charge >= 0.3 is 0 Å². The van der Waals surface area contributed by atoms with E-state index in [0.29, 0.717) is 15.0 Å². The molecule has 1 unspecified atom stereocenters. The van der Waals surface area contributed by atoms with E-state index in [1.54, 1.807) is 25.2 Å². The second kappa shape index (κ2) is 15.6. The van der Waals surface area contributed by atoms with Crippen LogP contribution in [-0.4, -0.2) is 35.3 Å². The second-order valence-electron chi connectivity index (χ2n) is 6.68. The first-order chi connectivity index (χ1) is 15.1. The minimum Gasteiger partial charge on any atom is -0.389 e. The van der Waals surface area contributed by atoms with E-state index in [1.807, 2.05) is 58.0 Å². The molecule has 0 saturated carbocycles. The minimum absolute atomic E-state index is 0.422. The van der Waals surface area contributed by atoms with Crippen molar-refractivity contribution in [2.24, 2.45) is 0 Å². The zero-order valence-electron chi connectivity index (χ0n) is 19.4. The van der Waals surface area contributed by atoms with Crippen LogP contribution in [-0.2, 0) is 0 Å². The van der Waals surface area contributed by atoms with Crippen LogP contribution in [0.5, 0.6) is 0 Å². The smallest absolute Gasteiger partial charge is 0.139 e. The fourth-order valence-electron chi connectivity index (χ4n) is 2.43. The summed E-state index contributed by atoms with van der Waals surface area (Å²) >= 11 is 13.7. The molecule has 0 aliphatic heterocycles. The summed E-state index contributed by atoms with van der Waals surface area (Å²) in [7, 11) is 3.87. The van der Waals surface area contributed by atoms with E-state index < -0.39 is 6.10 Å². The molecule has 0 amide bonds. The molecule has 0 aliphatic rings. The number of allylic oxidation sites excluding steroid dienone is 8. The summed E-state index contributed by atoms with van der Waals surface area (Å²) in [5.41, 5.74) is 2.89. The highest BCUT2D eigenvalue weighted by Crippen LogP contribution is 2.35. The Morgan fingerprint density at radius 3 is 2.31 bits per heavy atom. The quantitative estimate of drug-likeness (QED) is 0.175. The molecule has 7 heteroatoms. The predicted molar refractivity (Wildman–Crippen MR) is 143 cm³/mol. The summed E-state index contributed by atoms with van der Waals surface area (Å²) in [6, 6.07) is 0. The topological polar surface area (TPSA) is 49.2 Å². The molecule has 4 nitrogen and oxygen atoms in total. The third-order valence-corrected chi connectivity index (χ3v) is 5.66. The fourth-order valence-corrected chi connectivity index (χ4v) is 3.58. The van der Waals surface area contributed by atoms with Crippen molar-refractivity contribution < 1.29 is 5.11 Å². The zero-order chi connectivity index (χ0) is 24.8. The molecular formula is C25H31Cl2N3OS. The first-order valence-corrected chi connectivity index (χ1v) is 11.3. The van der Waals surface area contributed by atoms with Gasteiger partial charge in [0.2, 0.25) is 0 Å². The third kappa shape index (κ3) is 9.93. The monoisotopic (exact) mass is 491 g/mol. The van der Waals surface area contributed by atoms with E-state index in [4.69, 9.17) is 23.2 Å². The van der Waals surface area contributed by atoms with Gasteiger partial charge in [-0.25, -0.2) is 9.97 Å². The number of anilines is 1. The highest BCUT2D eigenvalue weighted by Gasteiger charge is 2.14. The molecule has 0 fully saturated rings. The number of hydrogen-bond acceptors (Lipinski definition) is 5. The van der Waals surface area contributed by atoms with Crippen molar-refractivity contribution in [3.63, 3.8) is 0 Å². The Balaban J connectivity index is 0.00000466. The maximum absolute atomic E-state index is 9.55. The summed E-state index contributed by atoms with van der Waals surface area (Å²) in [6.07, 6.45) is 20.2. The van der Waals surface area contributed by atoms with Crippen molar-refractivity contribution in [2.45, 2.75) is 38.8 Å². The van der Waals surface area contributed by atoms with Crippen molar-refractivity contribution >= 4 is 46.9 Å². The Labute approximate surface area is 207 Å². The number of nitrogens with zero attached hydrogens (tertiary/aromatic N) is 3. The first-order valence-electron chi connectivity index (χ1n) is 9.73. The number of halogens is 2. The van der Waals surface area contributed by atoms with Gasteiger partial charge in [-0.15, -0.1) is 12.8 Å². The third-order valence-electron chi connectivity index (χ3n) is 3.93. The molecule has 1 rings (SSSR count). The number of hydrogen-bond donors (Lipinski definition) is 1. The summed E-state index contributed by atoms with van der Waals surface area (Å²) in [6.45, 7) is 11.6. The molecule has 0 aliphatic carbocycles. The van der Waals surface area contributed by atoms with Crippen LogP contribution in [0.25, 0.3) is 6.08 Å². The lowest BCUT2D eigenvalue weighted by molar-refractivity contribution is 0.244. The number of aliphatic hydroxyl groups is 1. The van der Waals surface area contributed by atoms with Crippen LogP contribution in [0.3, 0.4) is 0 Å². The van der Waals surface area contributed by atoms with Gasteiger partial charge in [-0.3, -0.25) is 0 Å². The van der Waals surface area contributed by atoms with Crippen LogP contribution in [0.15, 0.2) is 74.4 Å². The second-order valence-corrected chi connectivity index (χ2v) is 8.61. The SMILES string of the molecule is C#C.C=C(/C=C(Cl)\C(Cl)=C/C)Sc1ncnc(N(C)C)c1/C=C(C)/C(/C=C\C(C)O)=C/C. The van der Waals surface area contributed by atoms with Crippen molar-refractivity contribution in [3.8, 4) is 12.8 Å². The maximum Gasteiger partial charge on any atom is 0.139 e. The van der Waals surface area contributed by atoms with Gasteiger partial charge in [0.15, 0.2) is 0 Å². The van der Waals surface area contributed by atoms with Gasteiger partial charge < -0.3 is 10.0 Å². The lowest BCUT2D eigenvalue weighted by Crippen LogP contribution is -2.13. The molecule has 32 heavy (non-hydrogen) atoms. The lowest BCUT2D eigenvalue weighted by atomic mass is 10.0. The molecule has 0 aromatic carbocycles. The van der Waals surface area contributed by atoms with E-state index in [1.165, 1.54) is 18.1 Å². The molecule has 1 aromatic heterocycles. The minimum atomic E-state index is -0.514. The van der Waals surface area contributed by atoms with Crippen LogP contribution in [0.4, 0.5) is 5.82 Å². The summed E-state index contributed by atoms with van der Waals surface area (Å²) in [4.78, 5) is 11.6. The van der Waals surface area contributed by atoms with Crippen LogP contribution in [0, 0.1) is 12.8 Å². The summed E-state index contributed by atoms with van der Waals surface area (Å²) in [5.74, 6) is 0.788. The normalized spacial score (nSPS) is 14.1. The molecule has 172 valence electrons. The summed E-state index contributed by atoms with van der Waals surface area (Å²) in [5, 5.41) is 11.2. The molecule has 1 aromatic rings. The molecule has 0 saturated heterocycles. The molecule has 1 N–H and O–H groups in total. The van der Waals surface area contributed by atoms with Crippen molar-refractivity contribution in [1.29, 1.82) is 0 Å². The van der Waals surface area contributed by atoms with Gasteiger partial charge in [-0.2, -0.15) is 0 Å². The Morgan fingerprint density at radius 2 is 1.81 bits per heavy atom. The van der Waals surface area contributed by atoms with Gasteiger partial charge in [0.05, 0.1) is 21.7 Å². The number of aliphatic hydroxyl groups excluding tert-OH is 1. The van der Waals surface area contributed by atoms with E-state index in [0.717, 1.165) is 27.6 Å². The molecule has 1 heterocycles. The highest BCUT2D eigenvalue weighted by molar-refractivity contribution is 8.03. The van der Waals surface area contributed by atoms with Crippen molar-refractivity contribution in [2.75, 3.05) is 19.0 Å². The number of rotatable bonds is 9. The fraction of sp³-hybridized carbons (Fsp3) is 0.280. The van der Waals surface area contributed by atoms with E-state index in [2.05, 4.69) is 29.4 Å². The van der Waals surface area contributed by atoms with E-state index >= 15 is 0 Å². The van der Waals surface area contributed by atoms with Crippen molar-refractivity contribution in [3.05, 3.63) is 75.0 Å². The van der Waals surface area contributed by atoms with E-state index in [-0.39, 0.29) is 0 Å². The van der Waals surface area contributed by atoms with Gasteiger partial charge in [-0.1, -0.05) is 65.8 Å². The zero-order valence-corrected chi connectivity index (χ0v) is 21.8. The Morgan fingerprint density at radius 1 is 1.19 bits per heavy atom. The van der Waals surface area contributed by atoms with Crippen LogP contribution < -0.4 is 4.90 Å². The van der Waals surface area contributed by atoms with Gasteiger partial charge in [-0.05, 0) is 51.0 Å². The van der Waals surface area contributed by atoms with Crippen LogP contribution in [0.2, 0.25) is 0 Å². The molecule has 1 atom stereocenters. The Hall–Kier alpha value is -2.23. The largest absolute Gasteiger partial charge is 0.389 e. The van der Waals surface area contributed by atoms with Gasteiger partial charge in [0.25, 0.3) is 0 Å². The average Bonchev–Trinajstić information content (AvgIpc) is 2.75. The molecule has 0 spiro atoms. The molecule has 0 bridgehead atoms. The van der Waals surface area contributed by atoms with Crippen LogP contribution >= 0.6 is 35.0 Å². The van der Waals surface area contributed by atoms with E-state index in [9.17, 15) is 5.11 Å².